The fraction of sp³-hybridized carbons (Fsp3) is 0.500. The van der Waals surface area contributed by atoms with E-state index in [-0.39, 0.29) is 5.56 Å². The molecule has 2 aromatic rings. The first-order valence-corrected chi connectivity index (χ1v) is 10.6. The lowest BCUT2D eigenvalue weighted by Crippen LogP contribution is -2.52. The van der Waals surface area contributed by atoms with Crippen molar-refractivity contribution in [2.75, 3.05) is 35.8 Å². The van der Waals surface area contributed by atoms with Crippen molar-refractivity contribution >= 4 is 29.1 Å². The van der Waals surface area contributed by atoms with Gasteiger partial charge in [0.2, 0.25) is 5.95 Å². The van der Waals surface area contributed by atoms with Gasteiger partial charge in [-0.3, -0.25) is 0 Å². The van der Waals surface area contributed by atoms with Crippen LogP contribution < -0.4 is 19.9 Å². The Kier molecular flexibility index (Phi) is 5.65. The lowest BCUT2D eigenvalue weighted by molar-refractivity contribution is 0.0696. The molecule has 1 fully saturated rings. The average Bonchev–Trinajstić information content (AvgIpc) is 3.27. The van der Waals surface area contributed by atoms with Crippen LogP contribution in [0.4, 0.5) is 23.1 Å². The van der Waals surface area contributed by atoms with E-state index in [1.807, 2.05) is 6.20 Å². The Morgan fingerprint density at radius 1 is 1.33 bits per heavy atom. The lowest BCUT2D eigenvalue weighted by Gasteiger charge is -2.45. The predicted octanol–water partition coefficient (Wildman–Crippen LogP) is 3.90. The highest BCUT2D eigenvalue weighted by Gasteiger charge is 2.36. The summed E-state index contributed by atoms with van der Waals surface area (Å²) in [5.41, 5.74) is 1.85. The fourth-order valence-electron chi connectivity index (χ4n) is 4.59. The first kappa shape index (κ1) is 20.3. The molecule has 2 heterocycles. The molecule has 1 aliphatic carbocycles. The minimum absolute atomic E-state index is 0.170. The highest BCUT2D eigenvalue weighted by atomic mass is 16.5. The molecule has 2 N–H and O–H groups in total. The molecule has 1 aromatic carbocycles. The predicted molar refractivity (Wildman–Crippen MR) is 117 cm³/mol. The van der Waals surface area contributed by atoms with Crippen LogP contribution in [0.5, 0.6) is 5.75 Å². The summed E-state index contributed by atoms with van der Waals surface area (Å²) in [5, 5.41) is 12.4. The van der Waals surface area contributed by atoms with Crippen molar-refractivity contribution in [3.63, 3.8) is 0 Å². The number of aromatic carboxylic acids is 1. The van der Waals surface area contributed by atoms with Gasteiger partial charge in [0.15, 0.2) is 5.82 Å². The van der Waals surface area contributed by atoms with Gasteiger partial charge in [0.25, 0.3) is 0 Å². The molecule has 0 unspecified atom stereocenters. The number of hydrogen-bond donors (Lipinski definition) is 2. The molecule has 160 valence electrons. The number of hydrogen-bond acceptors (Lipinski definition) is 7. The molecule has 0 radical (unpaired) electrons. The van der Waals surface area contributed by atoms with E-state index in [1.165, 1.54) is 44.9 Å². The summed E-state index contributed by atoms with van der Waals surface area (Å²) in [4.78, 5) is 25.4. The van der Waals surface area contributed by atoms with Crippen molar-refractivity contribution in [2.24, 2.45) is 0 Å². The molecular formula is C22H29N5O3. The molecule has 8 nitrogen and oxygen atoms in total. The largest absolute Gasteiger partial charge is 0.495 e. The third-order valence-electron chi connectivity index (χ3n) is 6.17. The highest BCUT2D eigenvalue weighted by Crippen LogP contribution is 2.39. The Labute approximate surface area is 176 Å². The molecule has 1 aromatic heterocycles. The van der Waals surface area contributed by atoms with E-state index in [0.29, 0.717) is 29.5 Å². The second kappa shape index (κ2) is 8.38. The molecule has 8 heteroatoms. The van der Waals surface area contributed by atoms with Gasteiger partial charge >= 0.3 is 5.97 Å². The van der Waals surface area contributed by atoms with Crippen LogP contribution in [0.1, 0.15) is 49.4 Å². The second-order valence-corrected chi connectivity index (χ2v) is 8.04. The van der Waals surface area contributed by atoms with Crippen LogP contribution in [-0.4, -0.2) is 53.8 Å². The van der Waals surface area contributed by atoms with E-state index in [4.69, 9.17) is 9.72 Å². The summed E-state index contributed by atoms with van der Waals surface area (Å²) in [7, 11) is 3.61. The second-order valence-electron chi connectivity index (χ2n) is 8.04. The number of nitrogens with one attached hydrogen (secondary N) is 1. The van der Waals surface area contributed by atoms with Crippen LogP contribution in [0, 0.1) is 0 Å². The van der Waals surface area contributed by atoms with Gasteiger partial charge in [-0.25, -0.2) is 9.78 Å². The van der Waals surface area contributed by atoms with Crippen molar-refractivity contribution in [1.29, 1.82) is 0 Å². The quantitative estimate of drug-likeness (QED) is 0.740. The third kappa shape index (κ3) is 3.74. The summed E-state index contributed by atoms with van der Waals surface area (Å²) in [6, 6.07) is 5.67. The van der Waals surface area contributed by atoms with Crippen molar-refractivity contribution in [3.05, 3.63) is 30.0 Å². The van der Waals surface area contributed by atoms with E-state index in [0.717, 1.165) is 24.5 Å². The van der Waals surface area contributed by atoms with Gasteiger partial charge in [-0.15, -0.1) is 0 Å². The van der Waals surface area contributed by atoms with Crippen molar-refractivity contribution < 1.29 is 14.6 Å². The van der Waals surface area contributed by atoms with E-state index in [2.05, 4.69) is 34.1 Å². The van der Waals surface area contributed by atoms with Crippen LogP contribution in [0.25, 0.3) is 0 Å². The summed E-state index contributed by atoms with van der Waals surface area (Å²) in [5.74, 6) is 0.891. The monoisotopic (exact) mass is 411 g/mol. The molecule has 0 saturated heterocycles. The molecule has 0 amide bonds. The smallest absolute Gasteiger partial charge is 0.335 e. The number of carboxylic acids is 1. The Hall–Kier alpha value is -3.03. The molecular weight excluding hydrogens is 382 g/mol. The number of carboxylic acid groups (broad SMARTS) is 1. The Balaban J connectivity index is 1.69. The standard InChI is InChI=1S/C22H29N5O3/c1-4-15-13-26(2)18-12-23-22(25-20(18)27(15)16-7-5-6-8-16)24-17-10-9-14(21(28)29)11-19(17)30-3/h9-12,15-16H,4-8,13H2,1-3H3,(H,28,29)(H,23,24,25)/t15-/m1/s1. The van der Waals surface area contributed by atoms with Gasteiger partial charge in [-0.2, -0.15) is 4.98 Å². The van der Waals surface area contributed by atoms with E-state index in [1.54, 1.807) is 6.07 Å². The van der Waals surface area contributed by atoms with Crippen molar-refractivity contribution in [1.82, 2.24) is 9.97 Å². The van der Waals surface area contributed by atoms with Crippen LogP contribution >= 0.6 is 0 Å². The molecule has 2 aliphatic rings. The summed E-state index contributed by atoms with van der Waals surface area (Å²) in [6.07, 6.45) is 7.89. The van der Waals surface area contributed by atoms with Gasteiger partial charge in [0.05, 0.1) is 30.2 Å². The van der Waals surface area contributed by atoms with Crippen LogP contribution in [0.3, 0.4) is 0 Å². The Morgan fingerprint density at radius 3 is 2.77 bits per heavy atom. The van der Waals surface area contributed by atoms with E-state index >= 15 is 0 Å². The molecule has 1 aliphatic heterocycles. The highest BCUT2D eigenvalue weighted by molar-refractivity contribution is 5.89. The van der Waals surface area contributed by atoms with Crippen molar-refractivity contribution in [2.45, 2.75) is 51.1 Å². The van der Waals surface area contributed by atoms with E-state index < -0.39 is 5.97 Å². The maximum absolute atomic E-state index is 11.2. The SMILES string of the molecule is CC[C@@H]1CN(C)c2cnc(Nc3ccc(C(=O)O)cc3OC)nc2N1C1CCCC1. The van der Waals surface area contributed by atoms with E-state index in [9.17, 15) is 9.90 Å². The lowest BCUT2D eigenvalue weighted by atomic mass is 10.0. The number of carbonyl (C=O) groups is 1. The normalized spacial score (nSPS) is 19.0. The first-order valence-electron chi connectivity index (χ1n) is 10.6. The Morgan fingerprint density at radius 2 is 2.10 bits per heavy atom. The van der Waals surface area contributed by atoms with Crippen LogP contribution in [-0.2, 0) is 0 Å². The minimum Gasteiger partial charge on any atom is -0.495 e. The number of likely N-dealkylation sites (N-methyl/N-ethyl adjacent to an activating group) is 1. The fourth-order valence-corrected chi connectivity index (χ4v) is 4.59. The molecule has 0 spiro atoms. The average molecular weight is 412 g/mol. The topological polar surface area (TPSA) is 90.8 Å². The number of methoxy groups -OCH3 is 1. The third-order valence-corrected chi connectivity index (χ3v) is 6.17. The number of ether oxygens (including phenoxy) is 1. The van der Waals surface area contributed by atoms with Gasteiger partial charge in [0, 0.05) is 25.7 Å². The molecule has 30 heavy (non-hydrogen) atoms. The molecule has 1 saturated carbocycles. The molecule has 4 rings (SSSR count). The molecule has 1 atom stereocenters. The summed E-state index contributed by atoms with van der Waals surface area (Å²) in [6.45, 7) is 3.21. The van der Waals surface area contributed by atoms with Gasteiger partial charge in [-0.05, 0) is 37.5 Å². The first-order chi connectivity index (χ1) is 14.5. The minimum atomic E-state index is -0.995. The number of fused-ring (bicyclic) bond motifs is 1. The van der Waals surface area contributed by atoms with Gasteiger partial charge in [0.1, 0.15) is 5.75 Å². The van der Waals surface area contributed by atoms with Crippen LogP contribution in [0.15, 0.2) is 24.4 Å². The number of rotatable bonds is 6. The van der Waals surface area contributed by atoms with Crippen LogP contribution in [0.2, 0.25) is 0 Å². The number of nitrogens with zero attached hydrogens (tertiary/aromatic N) is 4. The Bertz CT molecular complexity index is 929. The van der Waals surface area contributed by atoms with Crippen molar-refractivity contribution in [3.8, 4) is 5.75 Å². The zero-order valence-electron chi connectivity index (χ0n) is 17.8. The van der Waals surface area contributed by atoms with Gasteiger partial charge < -0.3 is 25.0 Å². The zero-order valence-corrected chi connectivity index (χ0v) is 17.8. The molecule has 0 bridgehead atoms. The maximum Gasteiger partial charge on any atom is 0.335 e. The number of aromatic nitrogens is 2. The zero-order chi connectivity index (χ0) is 21.3. The summed E-state index contributed by atoms with van der Waals surface area (Å²) < 4.78 is 5.37. The maximum atomic E-state index is 11.2. The number of anilines is 4. The van der Waals surface area contributed by atoms with Gasteiger partial charge in [-0.1, -0.05) is 19.8 Å². The number of benzene rings is 1. The summed E-state index contributed by atoms with van der Waals surface area (Å²) >= 11 is 0.